The maximum Gasteiger partial charge on any atom is 1.00 e. The van der Waals surface area contributed by atoms with Gasteiger partial charge in [-0.05, 0) is 24.3 Å². The zero-order chi connectivity index (χ0) is 9.14. The van der Waals surface area contributed by atoms with Crippen LogP contribution in [0.1, 0.15) is 23.6 Å². The van der Waals surface area contributed by atoms with Crippen LogP contribution in [0, 0.1) is 0 Å². The molecule has 0 spiro atoms. The molecule has 14 heavy (non-hydrogen) atoms. The van der Waals surface area contributed by atoms with Gasteiger partial charge in [-0.15, -0.1) is 0 Å². The Balaban J connectivity index is -0.000000180. The smallest absolute Gasteiger partial charge is 1.00 e. The molecule has 0 fully saturated rings. The molecule has 1 aromatic rings. The van der Waals surface area contributed by atoms with Gasteiger partial charge in [0.1, 0.15) is 0 Å². The van der Waals surface area contributed by atoms with E-state index >= 15 is 0 Å². The van der Waals surface area contributed by atoms with E-state index in [9.17, 15) is 9.59 Å². The number of carbonyl (C=O) groups is 2. The predicted molar refractivity (Wildman–Crippen MR) is 42.6 cm³/mol. The molecule has 0 saturated heterocycles. The number of carboxylic acids is 2. The van der Waals surface area contributed by atoms with Crippen LogP contribution in [0.3, 0.4) is 0 Å². The molecule has 6 heteroatoms. The van der Waals surface area contributed by atoms with Gasteiger partial charge in [0, 0.05) is 0 Å². The molecule has 0 saturated carbocycles. The fourth-order valence-corrected chi connectivity index (χ4v) is 0.755. The second-order valence-electron chi connectivity index (χ2n) is 2.19. The Labute approximate surface area is 118 Å². The largest absolute Gasteiger partial charge is 1.00 e. The Kier molecular flexibility index (Phi) is 8.22. The van der Waals surface area contributed by atoms with Crippen molar-refractivity contribution < 1.29 is 71.1 Å². The van der Waals surface area contributed by atoms with Crippen molar-refractivity contribution in [1.29, 1.82) is 0 Å². The minimum Gasteiger partial charge on any atom is -1.00 e. The Bertz CT molecular complexity index is 298. The molecule has 0 aliphatic carbocycles. The van der Waals surface area contributed by atoms with E-state index in [0.29, 0.717) is 0 Å². The maximum atomic E-state index is 10.3. The van der Waals surface area contributed by atoms with Crippen molar-refractivity contribution in [3.63, 3.8) is 0 Å². The van der Waals surface area contributed by atoms with Gasteiger partial charge in [-0.25, -0.2) is 9.59 Å². The van der Waals surface area contributed by atoms with Crippen molar-refractivity contribution in [3.8, 4) is 0 Å². The molecular weight excluding hydrogens is 190 g/mol. The average Bonchev–Trinajstić information content (AvgIpc) is 2.04. The summed E-state index contributed by atoms with van der Waals surface area (Å²) >= 11 is 0. The standard InChI is InChI=1S/C8H6O4.Li.Na.2H/c9-7(10)5-1-2-6(4-3-5)8(11)12;;;;/h1-4H,(H,9,10)(H,11,12);;;;/q;2*+1;2*-1. The fraction of sp³-hybridized carbons (Fsp3) is 0. The van der Waals surface area contributed by atoms with Gasteiger partial charge in [-0.2, -0.15) is 0 Å². The molecule has 4 nitrogen and oxygen atoms in total. The van der Waals surface area contributed by atoms with Gasteiger partial charge in [-0.1, -0.05) is 0 Å². The Morgan fingerprint density at radius 1 is 0.929 bits per heavy atom. The molecule has 1 aromatic carbocycles. The van der Waals surface area contributed by atoms with Crippen LogP contribution in [0.4, 0.5) is 0 Å². The third kappa shape index (κ3) is 4.31. The molecule has 0 heterocycles. The summed E-state index contributed by atoms with van der Waals surface area (Å²) in [6.07, 6.45) is 0. The number of rotatable bonds is 2. The van der Waals surface area contributed by atoms with Crippen LogP contribution in [0.15, 0.2) is 24.3 Å². The van der Waals surface area contributed by atoms with Gasteiger partial charge >= 0.3 is 60.4 Å². The number of aromatic carboxylic acids is 2. The first-order valence-electron chi connectivity index (χ1n) is 3.18. The van der Waals surface area contributed by atoms with Crippen molar-refractivity contribution >= 4 is 11.9 Å². The van der Waals surface area contributed by atoms with Crippen molar-refractivity contribution in [3.05, 3.63) is 35.4 Å². The van der Waals surface area contributed by atoms with Crippen molar-refractivity contribution in [1.82, 2.24) is 0 Å². The van der Waals surface area contributed by atoms with E-state index in [-0.39, 0.29) is 62.4 Å². The minimum atomic E-state index is -1.06. The van der Waals surface area contributed by atoms with Gasteiger partial charge in [0.15, 0.2) is 0 Å². The molecule has 0 aliphatic heterocycles. The molecule has 0 unspecified atom stereocenters. The van der Waals surface area contributed by atoms with Crippen LogP contribution in [-0.2, 0) is 0 Å². The van der Waals surface area contributed by atoms with Crippen LogP contribution in [0.2, 0.25) is 0 Å². The Hall–Kier alpha value is -0.243. The number of benzene rings is 1. The zero-order valence-electron chi connectivity index (χ0n) is 10.0. The first kappa shape index (κ1) is 16.2. The summed E-state index contributed by atoms with van der Waals surface area (Å²) in [5.41, 5.74) is 0.167. The minimum absolute atomic E-state index is 0. The average molecular weight is 198 g/mol. The normalized spacial score (nSPS) is 8.00. The summed E-state index contributed by atoms with van der Waals surface area (Å²) in [5.74, 6) is -2.13. The van der Waals surface area contributed by atoms with E-state index in [4.69, 9.17) is 10.2 Å². The van der Waals surface area contributed by atoms with Gasteiger partial charge in [0.05, 0.1) is 11.1 Å². The molecule has 0 radical (unpaired) electrons. The summed E-state index contributed by atoms with van der Waals surface area (Å²) in [7, 11) is 0. The van der Waals surface area contributed by atoms with Crippen LogP contribution in [0.5, 0.6) is 0 Å². The third-order valence-electron chi connectivity index (χ3n) is 1.38. The maximum absolute atomic E-state index is 10.3. The summed E-state index contributed by atoms with van der Waals surface area (Å²) < 4.78 is 0. The van der Waals surface area contributed by atoms with E-state index in [1.54, 1.807) is 0 Å². The summed E-state index contributed by atoms with van der Waals surface area (Å²) in [4.78, 5) is 20.7. The SMILES string of the molecule is O=C(O)c1ccc(C(=O)O)cc1.[H-].[H-].[Li+].[Na+]. The van der Waals surface area contributed by atoms with Gasteiger partial charge in [-0.3, -0.25) is 0 Å². The van der Waals surface area contributed by atoms with Crippen molar-refractivity contribution in [2.75, 3.05) is 0 Å². The zero-order valence-corrected chi connectivity index (χ0v) is 10.0. The van der Waals surface area contributed by atoms with Crippen LogP contribution in [0.25, 0.3) is 0 Å². The first-order valence-corrected chi connectivity index (χ1v) is 3.18. The summed E-state index contributed by atoms with van der Waals surface area (Å²) in [5, 5.41) is 16.9. The van der Waals surface area contributed by atoms with Gasteiger partial charge < -0.3 is 13.1 Å². The predicted octanol–water partition coefficient (Wildman–Crippen LogP) is -4.68. The molecular formula is C8H8LiNaO4. The molecule has 66 valence electrons. The Morgan fingerprint density at radius 3 is 1.29 bits per heavy atom. The topological polar surface area (TPSA) is 74.6 Å². The summed E-state index contributed by atoms with van der Waals surface area (Å²) in [6.45, 7) is 0. The third-order valence-corrected chi connectivity index (χ3v) is 1.38. The van der Waals surface area contributed by atoms with E-state index < -0.39 is 11.9 Å². The molecule has 0 bridgehead atoms. The summed E-state index contributed by atoms with van der Waals surface area (Å²) in [6, 6.07) is 5.02. The van der Waals surface area contributed by atoms with Crippen molar-refractivity contribution in [2.24, 2.45) is 0 Å². The van der Waals surface area contributed by atoms with Gasteiger partial charge in [0.2, 0.25) is 0 Å². The van der Waals surface area contributed by atoms with E-state index in [0.717, 1.165) is 0 Å². The monoisotopic (exact) mass is 198 g/mol. The fourth-order valence-electron chi connectivity index (χ4n) is 0.755. The van der Waals surface area contributed by atoms with Crippen LogP contribution < -0.4 is 48.4 Å². The molecule has 0 amide bonds. The number of hydrogen-bond acceptors (Lipinski definition) is 2. The molecule has 0 aliphatic rings. The molecule has 0 atom stereocenters. The Morgan fingerprint density at radius 2 is 1.14 bits per heavy atom. The van der Waals surface area contributed by atoms with Gasteiger partial charge in [0.25, 0.3) is 0 Å². The molecule has 0 aromatic heterocycles. The second-order valence-corrected chi connectivity index (χ2v) is 2.19. The van der Waals surface area contributed by atoms with Crippen molar-refractivity contribution in [2.45, 2.75) is 0 Å². The van der Waals surface area contributed by atoms with E-state index in [1.807, 2.05) is 0 Å². The first-order chi connectivity index (χ1) is 5.61. The second kappa shape index (κ2) is 7.10. The molecule has 2 N–H and O–H groups in total. The quantitative estimate of drug-likeness (QED) is 0.468. The van der Waals surface area contributed by atoms with E-state index in [1.165, 1.54) is 24.3 Å². The van der Waals surface area contributed by atoms with Crippen LogP contribution in [-0.4, -0.2) is 22.2 Å². The van der Waals surface area contributed by atoms with Crippen LogP contribution >= 0.6 is 0 Å². The van der Waals surface area contributed by atoms with E-state index in [2.05, 4.69) is 0 Å². The molecule has 1 rings (SSSR count). The number of hydrogen-bond donors (Lipinski definition) is 2. The number of carboxylic acid groups (broad SMARTS) is 2.